The van der Waals surface area contributed by atoms with Gasteiger partial charge in [-0.05, 0) is 88.0 Å². The maximum absolute atomic E-state index is 13.7. The van der Waals surface area contributed by atoms with E-state index in [1.165, 1.54) is 74.4 Å². The summed E-state index contributed by atoms with van der Waals surface area (Å²) in [5, 5.41) is 7.60. The van der Waals surface area contributed by atoms with Crippen molar-refractivity contribution in [3.05, 3.63) is 30.1 Å². The molecule has 0 spiro atoms. The van der Waals surface area contributed by atoms with Crippen molar-refractivity contribution in [3.63, 3.8) is 0 Å². The van der Waals surface area contributed by atoms with Crippen molar-refractivity contribution in [2.45, 2.75) is 153 Å². The number of hydrogen-bond donors (Lipinski definition) is 3. The molecule has 3 amide bonds. The van der Waals surface area contributed by atoms with Gasteiger partial charge in [0.2, 0.25) is 17.7 Å². The molecule has 2 bridgehead atoms. The Kier molecular flexibility index (Phi) is 13.4. The van der Waals surface area contributed by atoms with Crippen LogP contribution in [-0.4, -0.2) is 79.1 Å². The summed E-state index contributed by atoms with van der Waals surface area (Å²) in [6, 6.07) is 8.17. The molecule has 3 saturated carbocycles. The highest BCUT2D eigenvalue weighted by molar-refractivity contribution is 8.00. The van der Waals surface area contributed by atoms with E-state index in [-0.39, 0.29) is 54.0 Å². The van der Waals surface area contributed by atoms with Crippen molar-refractivity contribution in [2.24, 2.45) is 29.6 Å². The number of ketones is 1. The number of Topliss-reactive ketones (excluding diaryl/α,β-unsaturated/α-hetero) is 1. The number of thioether (sulfide) groups is 1. The third-order valence-electron chi connectivity index (χ3n) is 14.3. The van der Waals surface area contributed by atoms with Crippen molar-refractivity contribution >= 4 is 63.0 Å². The van der Waals surface area contributed by atoms with Crippen LogP contribution >= 0.6 is 11.8 Å². The summed E-state index contributed by atoms with van der Waals surface area (Å²) in [6.45, 7) is 4.06. The van der Waals surface area contributed by atoms with Gasteiger partial charge in [-0.15, -0.1) is 11.8 Å². The second kappa shape index (κ2) is 18.8. The molecule has 3 aromatic rings. The fraction of sp³-hybridized carbons (Fsp3) is 0.696. The van der Waals surface area contributed by atoms with Crippen LogP contribution in [0.3, 0.4) is 0 Å². The van der Waals surface area contributed by atoms with Crippen molar-refractivity contribution in [1.29, 1.82) is 0 Å². The number of carbonyl (C=O) groups is 4. The molecular weight excluding hydrogens is 747 g/mol. The van der Waals surface area contributed by atoms with Crippen LogP contribution in [0.25, 0.3) is 21.9 Å². The molecule has 5 fully saturated rings. The average molecular weight is 812 g/mol. The first-order chi connectivity index (χ1) is 28.3. The third kappa shape index (κ3) is 8.84. The topological polar surface area (TPSA) is 152 Å². The maximum Gasteiger partial charge on any atom is 0.242 e. The smallest absolute Gasteiger partial charge is 0.242 e. The Morgan fingerprint density at radius 2 is 1.69 bits per heavy atom. The van der Waals surface area contributed by atoms with E-state index in [0.717, 1.165) is 92.1 Å². The molecule has 58 heavy (non-hydrogen) atoms. The van der Waals surface area contributed by atoms with Gasteiger partial charge in [-0.2, -0.15) is 0 Å². The van der Waals surface area contributed by atoms with Gasteiger partial charge in [0.15, 0.2) is 11.6 Å². The number of nitrogen functional groups attached to an aromatic ring is 1. The highest BCUT2D eigenvalue weighted by Gasteiger charge is 2.53. The summed E-state index contributed by atoms with van der Waals surface area (Å²) in [5.74, 6) is 3.75. The number of likely N-dealkylation sites (tertiary alicyclic amines) is 1. The van der Waals surface area contributed by atoms with Crippen LogP contribution in [0.15, 0.2) is 24.3 Å². The highest BCUT2D eigenvalue weighted by atomic mass is 32.2. The lowest BCUT2D eigenvalue weighted by molar-refractivity contribution is -0.139. The molecule has 4 heterocycles. The van der Waals surface area contributed by atoms with Crippen LogP contribution in [0.4, 0.5) is 5.82 Å². The summed E-state index contributed by atoms with van der Waals surface area (Å²) in [6.07, 6.45) is 19.5. The third-order valence-corrected chi connectivity index (χ3v) is 15.6. The van der Waals surface area contributed by atoms with E-state index in [9.17, 15) is 19.2 Å². The summed E-state index contributed by atoms with van der Waals surface area (Å²) in [4.78, 5) is 64.7. The number of nitrogens with two attached hydrogens (primary N) is 1. The van der Waals surface area contributed by atoms with Crippen molar-refractivity contribution in [2.75, 3.05) is 24.6 Å². The number of carbonyl (C=O) groups excluding carboxylic acids is 4. The molecule has 12 heteroatoms. The number of fused-ring (bicyclic) bond motifs is 8. The molecule has 2 aliphatic heterocycles. The molecule has 314 valence electrons. The monoisotopic (exact) mass is 811 g/mol. The van der Waals surface area contributed by atoms with Gasteiger partial charge < -0.3 is 20.9 Å². The number of imidazole rings is 1. The Hall–Kier alpha value is -3.51. The number of hydrogen-bond acceptors (Lipinski definition) is 9. The molecule has 5 aliphatic rings. The van der Waals surface area contributed by atoms with Gasteiger partial charge in [-0.25, -0.2) is 9.97 Å². The number of para-hydroxylation sites is 1. The average Bonchev–Trinajstić information content (AvgIpc) is 3.93. The largest absolute Gasteiger partial charge is 0.382 e. The zero-order chi connectivity index (χ0) is 40.2. The SMILES string of the molecule is CCCCc1nc2c(N)nc3ccccc3c2n1CCCCNC(=O)C1CCC(CN2C(=O)CC(SCC3NC4C5CCCCCCCCC(C5)C4C3=O)C2=O)CC1. The fourth-order valence-electron chi connectivity index (χ4n) is 11.2. The number of imide groups is 1. The van der Waals surface area contributed by atoms with E-state index in [4.69, 9.17) is 10.7 Å². The molecule has 1 aromatic carbocycles. The van der Waals surface area contributed by atoms with Gasteiger partial charge in [-0.3, -0.25) is 24.1 Å². The number of unbranched alkanes of at least 4 members (excludes halogenated alkanes) is 2. The van der Waals surface area contributed by atoms with Crippen molar-refractivity contribution < 1.29 is 19.2 Å². The Bertz CT molecular complexity index is 1960. The van der Waals surface area contributed by atoms with Crippen LogP contribution < -0.4 is 16.4 Å². The van der Waals surface area contributed by atoms with Crippen LogP contribution in [0.1, 0.15) is 128 Å². The number of aryl methyl sites for hydroxylation is 2. The first-order valence-electron chi connectivity index (χ1n) is 22.9. The normalized spacial score (nSPS) is 29.3. The molecule has 2 aromatic heterocycles. The predicted octanol–water partition coefficient (Wildman–Crippen LogP) is 7.37. The molecule has 6 unspecified atom stereocenters. The second-order valence-electron chi connectivity index (χ2n) is 18.2. The van der Waals surface area contributed by atoms with Gasteiger partial charge in [-0.1, -0.05) is 70.1 Å². The van der Waals surface area contributed by atoms with E-state index in [0.29, 0.717) is 42.3 Å². The molecule has 8 rings (SSSR count). The van der Waals surface area contributed by atoms with E-state index in [1.807, 2.05) is 18.2 Å². The minimum absolute atomic E-state index is 0.0352. The Morgan fingerprint density at radius 1 is 0.931 bits per heavy atom. The summed E-state index contributed by atoms with van der Waals surface area (Å²) >= 11 is 1.51. The molecule has 11 nitrogen and oxygen atoms in total. The van der Waals surface area contributed by atoms with Crippen LogP contribution in [0, 0.1) is 29.6 Å². The lowest BCUT2D eigenvalue weighted by atomic mass is 9.81. The van der Waals surface area contributed by atoms with Gasteiger partial charge in [0, 0.05) is 61.5 Å². The number of aromatic nitrogens is 3. The fourth-order valence-corrected chi connectivity index (χ4v) is 12.4. The number of rotatable bonds is 14. The molecule has 4 N–H and O–H groups in total. The number of nitrogens with zero attached hydrogens (tertiary/aromatic N) is 4. The van der Waals surface area contributed by atoms with Gasteiger partial charge in [0.1, 0.15) is 11.3 Å². The zero-order valence-electron chi connectivity index (χ0n) is 34.6. The lowest BCUT2D eigenvalue weighted by Gasteiger charge is -2.30. The van der Waals surface area contributed by atoms with Gasteiger partial charge in [0.25, 0.3) is 0 Å². The quantitative estimate of drug-likeness (QED) is 0.112. The van der Waals surface area contributed by atoms with Crippen molar-refractivity contribution in [1.82, 2.24) is 30.1 Å². The van der Waals surface area contributed by atoms with Crippen molar-refractivity contribution in [3.8, 4) is 0 Å². The molecule has 6 atom stereocenters. The molecular formula is C46H65N7O4S. The minimum Gasteiger partial charge on any atom is -0.382 e. The predicted molar refractivity (Wildman–Crippen MR) is 231 cm³/mol. The summed E-state index contributed by atoms with van der Waals surface area (Å²) < 4.78 is 2.32. The Balaban J connectivity index is 0.765. The van der Waals surface area contributed by atoms with Crippen LogP contribution in [0.2, 0.25) is 0 Å². The highest BCUT2D eigenvalue weighted by Crippen LogP contribution is 2.47. The second-order valence-corrected chi connectivity index (χ2v) is 19.4. The molecule has 0 radical (unpaired) electrons. The van der Waals surface area contributed by atoms with E-state index >= 15 is 0 Å². The van der Waals surface area contributed by atoms with E-state index in [1.54, 1.807) is 0 Å². The standard InChI is InChI=1S/C46H65N7O4S/c1-2-3-18-37-51-41-42(33-16-10-11-17-34(33)50-44(41)47)52(37)24-13-12-23-48-45(56)30-21-19-29(20-22-30)27-53-38(54)26-36(46(53)57)58-28-35-43(55)39-31-14-8-6-4-5-7-9-15-32(25-31)40(39)49-35/h10-11,16-17,29-32,35-36,39-40,49H,2-9,12-15,18-28H2,1H3,(H2,47,50)(H,48,56). The summed E-state index contributed by atoms with van der Waals surface area (Å²) in [5.41, 5.74) is 9.07. The number of benzene rings is 1. The maximum atomic E-state index is 13.7. The lowest BCUT2D eigenvalue weighted by Crippen LogP contribution is -2.39. The summed E-state index contributed by atoms with van der Waals surface area (Å²) in [7, 11) is 0. The van der Waals surface area contributed by atoms with Gasteiger partial charge in [0.05, 0.1) is 22.3 Å². The van der Waals surface area contributed by atoms with E-state index < -0.39 is 5.25 Å². The van der Waals surface area contributed by atoms with E-state index in [2.05, 4.69) is 33.2 Å². The van der Waals surface area contributed by atoms with Gasteiger partial charge >= 0.3 is 0 Å². The number of pyridine rings is 1. The first-order valence-corrected chi connectivity index (χ1v) is 23.9. The Morgan fingerprint density at radius 3 is 2.48 bits per heavy atom. The number of amides is 3. The minimum atomic E-state index is -0.407. The number of anilines is 1. The zero-order valence-corrected chi connectivity index (χ0v) is 35.4. The first kappa shape index (κ1) is 41.2. The van der Waals surface area contributed by atoms with Crippen LogP contribution in [-0.2, 0) is 32.1 Å². The number of nitrogens with one attached hydrogen (secondary N) is 2. The molecule has 3 aliphatic carbocycles. The Labute approximate surface area is 348 Å². The van der Waals surface area contributed by atoms with Crippen LogP contribution in [0.5, 0.6) is 0 Å². The molecule has 2 saturated heterocycles.